The van der Waals surface area contributed by atoms with Gasteiger partial charge in [-0.25, -0.2) is 9.59 Å². The van der Waals surface area contributed by atoms with Gasteiger partial charge in [0.1, 0.15) is 5.60 Å². The number of amides is 1. The molecule has 4 rings (SSSR count). The first-order chi connectivity index (χ1) is 17.7. The molecule has 3 unspecified atom stereocenters. The van der Waals surface area contributed by atoms with Crippen LogP contribution >= 0.6 is 0 Å². The summed E-state index contributed by atoms with van der Waals surface area (Å²) >= 11 is 0. The Labute approximate surface area is 228 Å². The molecule has 2 heterocycles. The number of ether oxygens (including phenoxy) is 2. The summed E-state index contributed by atoms with van der Waals surface area (Å²) in [6.45, 7) is 20.4. The molecular weight excluding hydrogens is 483 g/mol. The van der Waals surface area contributed by atoms with Gasteiger partial charge in [-0.1, -0.05) is 13.8 Å². The Hall–Kier alpha value is -2.26. The monoisotopic (exact) mass is 528 g/mol. The standard InChI is InChI=1S/C29H45BN2O6/c1-11-32(22-12-14-31(15-13-22)26(34)36-27(5,6)7)24-17-21(16-23(18(24)2)25(33)35-10)30-37-28(8)19(3)20(4)29(28,9)38-30/h16-17,19-20,22H,11-15H2,1-10H3/t19-,20?,28?,29?/m1/s1. The van der Waals surface area contributed by atoms with Crippen LogP contribution in [0.15, 0.2) is 12.1 Å². The number of esters is 1. The summed E-state index contributed by atoms with van der Waals surface area (Å²) in [5, 5.41) is 0. The van der Waals surface area contributed by atoms with E-state index in [1.807, 2.05) is 33.8 Å². The molecule has 4 atom stereocenters. The van der Waals surface area contributed by atoms with Crippen LogP contribution in [0.4, 0.5) is 10.5 Å². The van der Waals surface area contributed by atoms with Crippen molar-refractivity contribution in [1.29, 1.82) is 0 Å². The molecule has 1 aromatic carbocycles. The SMILES string of the molecule is CCN(c1cc(B2OC3(C)C(C)[C@@H](C)C3(C)O2)cc(C(=O)OC)c1C)C1CCN(C(=O)OC(C)(C)C)CC1. The molecule has 1 amide bonds. The summed E-state index contributed by atoms with van der Waals surface area (Å²) in [6, 6.07) is 4.19. The van der Waals surface area contributed by atoms with E-state index >= 15 is 0 Å². The van der Waals surface area contributed by atoms with Crippen LogP contribution in [0.25, 0.3) is 0 Å². The Morgan fingerprint density at radius 1 is 1.11 bits per heavy atom. The van der Waals surface area contributed by atoms with Gasteiger partial charge in [0.25, 0.3) is 0 Å². The Morgan fingerprint density at radius 2 is 1.66 bits per heavy atom. The lowest BCUT2D eigenvalue weighted by atomic mass is 9.53. The van der Waals surface area contributed by atoms with E-state index < -0.39 is 12.7 Å². The first-order valence-corrected chi connectivity index (χ1v) is 14.0. The maximum atomic E-state index is 12.9. The number of fused-ring (bicyclic) bond motifs is 1. The molecule has 1 aliphatic carbocycles. The first kappa shape index (κ1) is 28.7. The zero-order valence-corrected chi connectivity index (χ0v) is 24.8. The van der Waals surface area contributed by atoms with Gasteiger partial charge in [-0.2, -0.15) is 0 Å². The lowest BCUT2D eigenvalue weighted by Crippen LogP contribution is -2.69. The van der Waals surface area contributed by atoms with E-state index in [-0.39, 0.29) is 29.3 Å². The molecule has 2 saturated heterocycles. The van der Waals surface area contributed by atoms with Crippen molar-refractivity contribution in [2.24, 2.45) is 11.8 Å². The van der Waals surface area contributed by atoms with Crippen molar-refractivity contribution >= 4 is 30.3 Å². The topological polar surface area (TPSA) is 77.5 Å². The number of hydrogen-bond acceptors (Lipinski definition) is 7. The third-order valence-corrected chi connectivity index (χ3v) is 9.46. The lowest BCUT2D eigenvalue weighted by molar-refractivity contribution is -0.202. The molecule has 0 bridgehead atoms. The van der Waals surface area contributed by atoms with Crippen molar-refractivity contribution in [2.75, 3.05) is 31.6 Å². The molecule has 2 aliphatic heterocycles. The van der Waals surface area contributed by atoms with Gasteiger partial charge in [-0.05, 0) is 96.3 Å². The normalized spacial score (nSPS) is 29.5. The highest BCUT2D eigenvalue weighted by Crippen LogP contribution is 2.60. The van der Waals surface area contributed by atoms with Gasteiger partial charge in [0, 0.05) is 31.4 Å². The number of nitrogens with zero attached hydrogens (tertiary/aromatic N) is 2. The van der Waals surface area contributed by atoms with Crippen LogP contribution in [-0.2, 0) is 18.8 Å². The predicted octanol–water partition coefficient (Wildman–Crippen LogP) is 4.55. The maximum Gasteiger partial charge on any atom is 0.494 e. The average molecular weight is 528 g/mol. The number of carbonyl (C=O) groups excluding carboxylic acids is 2. The second-order valence-electron chi connectivity index (χ2n) is 12.5. The number of benzene rings is 1. The number of piperidine rings is 1. The molecule has 8 nitrogen and oxygen atoms in total. The van der Waals surface area contributed by atoms with Gasteiger partial charge in [-0.15, -0.1) is 0 Å². The van der Waals surface area contributed by atoms with E-state index in [1.54, 1.807) is 4.90 Å². The zero-order chi connectivity index (χ0) is 28.2. The van der Waals surface area contributed by atoms with Crippen molar-refractivity contribution in [3.05, 3.63) is 23.3 Å². The zero-order valence-electron chi connectivity index (χ0n) is 24.8. The molecule has 1 aromatic rings. The van der Waals surface area contributed by atoms with Crippen LogP contribution in [0, 0.1) is 18.8 Å². The highest BCUT2D eigenvalue weighted by Gasteiger charge is 2.71. The van der Waals surface area contributed by atoms with Gasteiger partial charge in [0.2, 0.25) is 0 Å². The van der Waals surface area contributed by atoms with E-state index in [0.29, 0.717) is 30.5 Å². The maximum absolute atomic E-state index is 12.9. The molecule has 210 valence electrons. The predicted molar refractivity (Wildman–Crippen MR) is 149 cm³/mol. The molecule has 3 aliphatic rings. The summed E-state index contributed by atoms with van der Waals surface area (Å²) in [5.41, 5.74) is 1.91. The number of methoxy groups -OCH3 is 1. The number of anilines is 1. The summed E-state index contributed by atoms with van der Waals surface area (Å²) in [4.78, 5) is 29.6. The van der Waals surface area contributed by atoms with Crippen LogP contribution < -0.4 is 10.4 Å². The third-order valence-electron chi connectivity index (χ3n) is 9.46. The molecule has 38 heavy (non-hydrogen) atoms. The van der Waals surface area contributed by atoms with Gasteiger partial charge in [0.05, 0.1) is 23.9 Å². The fourth-order valence-electron chi connectivity index (χ4n) is 6.60. The largest absolute Gasteiger partial charge is 0.494 e. The average Bonchev–Trinajstić information content (AvgIpc) is 3.12. The second kappa shape index (κ2) is 10.0. The number of likely N-dealkylation sites (tertiary alicyclic amines) is 1. The smallest absolute Gasteiger partial charge is 0.465 e. The minimum absolute atomic E-state index is 0.217. The number of carbonyl (C=O) groups is 2. The molecule has 0 aromatic heterocycles. The fourth-order valence-corrected chi connectivity index (χ4v) is 6.60. The molecule has 9 heteroatoms. The van der Waals surface area contributed by atoms with Crippen LogP contribution in [0.1, 0.15) is 84.2 Å². The third kappa shape index (κ3) is 4.70. The summed E-state index contributed by atoms with van der Waals surface area (Å²) in [5.74, 6) is 0.358. The van der Waals surface area contributed by atoms with Crippen molar-refractivity contribution in [1.82, 2.24) is 4.90 Å². The quantitative estimate of drug-likeness (QED) is 0.410. The fraction of sp³-hybridized carbons (Fsp3) is 0.724. The van der Waals surface area contributed by atoms with Crippen molar-refractivity contribution < 1.29 is 28.4 Å². The van der Waals surface area contributed by atoms with Gasteiger partial charge in [-0.3, -0.25) is 0 Å². The van der Waals surface area contributed by atoms with Crippen LogP contribution in [-0.4, -0.2) is 73.7 Å². The number of hydrogen-bond donors (Lipinski definition) is 0. The molecule has 3 fully saturated rings. The molecule has 0 spiro atoms. The van der Waals surface area contributed by atoms with Crippen molar-refractivity contribution in [2.45, 2.75) is 98.0 Å². The molecular formula is C29H45BN2O6. The van der Waals surface area contributed by atoms with Crippen LogP contribution in [0.2, 0.25) is 0 Å². The van der Waals surface area contributed by atoms with E-state index in [1.165, 1.54) is 7.11 Å². The van der Waals surface area contributed by atoms with Gasteiger partial charge in [0.15, 0.2) is 0 Å². The second-order valence-corrected chi connectivity index (χ2v) is 12.5. The van der Waals surface area contributed by atoms with Crippen molar-refractivity contribution in [3.63, 3.8) is 0 Å². The van der Waals surface area contributed by atoms with E-state index in [0.717, 1.165) is 36.1 Å². The minimum atomic E-state index is -0.562. The van der Waals surface area contributed by atoms with E-state index in [4.69, 9.17) is 18.8 Å². The summed E-state index contributed by atoms with van der Waals surface area (Å²) in [6.07, 6.45) is 1.36. The van der Waals surface area contributed by atoms with E-state index in [9.17, 15) is 9.59 Å². The molecule has 0 N–H and O–H groups in total. The minimum Gasteiger partial charge on any atom is -0.465 e. The summed E-state index contributed by atoms with van der Waals surface area (Å²) in [7, 11) is 0.847. The van der Waals surface area contributed by atoms with E-state index in [2.05, 4.69) is 45.6 Å². The Bertz CT molecular complexity index is 1060. The molecule has 0 radical (unpaired) electrons. The number of rotatable bonds is 5. The van der Waals surface area contributed by atoms with Gasteiger partial charge >= 0.3 is 19.2 Å². The highest BCUT2D eigenvalue weighted by atomic mass is 16.7. The van der Waals surface area contributed by atoms with Gasteiger partial charge < -0.3 is 28.6 Å². The Balaban J connectivity index is 1.62. The molecule has 1 saturated carbocycles. The highest BCUT2D eigenvalue weighted by molar-refractivity contribution is 6.62. The van der Waals surface area contributed by atoms with Crippen molar-refractivity contribution in [3.8, 4) is 0 Å². The lowest BCUT2D eigenvalue weighted by Gasteiger charge is -2.60. The van der Waals surface area contributed by atoms with Crippen LogP contribution in [0.5, 0.6) is 0 Å². The van der Waals surface area contributed by atoms with Crippen LogP contribution in [0.3, 0.4) is 0 Å². The Kier molecular flexibility index (Phi) is 7.60. The summed E-state index contributed by atoms with van der Waals surface area (Å²) < 4.78 is 23.9. The first-order valence-electron chi connectivity index (χ1n) is 14.0. The Morgan fingerprint density at radius 3 is 2.13 bits per heavy atom.